The molecule has 0 atom stereocenters. The van der Waals surface area contributed by atoms with Gasteiger partial charge >= 0.3 is 15.5 Å². The van der Waals surface area contributed by atoms with Crippen molar-refractivity contribution >= 4 is 40.0 Å². The number of aliphatic hydroxyl groups is 1. The third-order valence-corrected chi connectivity index (χ3v) is 6.27. The van der Waals surface area contributed by atoms with Gasteiger partial charge in [0.15, 0.2) is 5.96 Å². The monoisotopic (exact) mass is 514 g/mol. The van der Waals surface area contributed by atoms with Gasteiger partial charge in [0.1, 0.15) is 0 Å². The quantitative estimate of drug-likeness (QED) is 0.282. The molecule has 0 aromatic rings. The maximum absolute atomic E-state index is 12.6. The Balaban J connectivity index is 0.00000338. The van der Waals surface area contributed by atoms with Crippen LogP contribution in [0, 0.1) is 5.41 Å². The number of rotatable bonds is 6. The number of piperidine rings is 1. The second-order valence-electron chi connectivity index (χ2n) is 6.62. The molecule has 0 aromatic heterocycles. The molecule has 1 saturated heterocycles. The molecule has 2 fully saturated rings. The van der Waals surface area contributed by atoms with Crippen LogP contribution in [0.3, 0.4) is 0 Å². The highest BCUT2D eigenvalue weighted by atomic mass is 127. The molecular weight excluding hydrogens is 488 g/mol. The van der Waals surface area contributed by atoms with Gasteiger partial charge in [-0.05, 0) is 32.6 Å². The van der Waals surface area contributed by atoms with E-state index in [1.165, 1.54) is 0 Å². The van der Waals surface area contributed by atoms with Gasteiger partial charge in [0.05, 0.1) is 13.2 Å². The number of aliphatic hydroxyl groups excluding tert-OH is 1. The average Bonchev–Trinajstić information content (AvgIpc) is 3.33. The van der Waals surface area contributed by atoms with Gasteiger partial charge in [-0.2, -0.15) is 17.5 Å². The van der Waals surface area contributed by atoms with Crippen LogP contribution in [0.15, 0.2) is 4.99 Å². The highest BCUT2D eigenvalue weighted by molar-refractivity contribution is 14.0. The van der Waals surface area contributed by atoms with E-state index < -0.39 is 15.5 Å². The number of nitrogens with zero attached hydrogens (tertiary/aromatic N) is 2. The first-order chi connectivity index (χ1) is 11.6. The van der Waals surface area contributed by atoms with Crippen molar-refractivity contribution in [3.8, 4) is 0 Å². The summed E-state index contributed by atoms with van der Waals surface area (Å²) >= 11 is 0. The van der Waals surface area contributed by atoms with Crippen molar-refractivity contribution in [1.82, 2.24) is 14.9 Å². The molecule has 3 N–H and O–H groups in total. The lowest BCUT2D eigenvalue weighted by atomic mass is 10.1. The lowest BCUT2D eigenvalue weighted by Gasteiger charge is -2.32. The van der Waals surface area contributed by atoms with Gasteiger partial charge < -0.3 is 15.7 Å². The minimum atomic E-state index is -5.26. The largest absolute Gasteiger partial charge is 0.511 e. The van der Waals surface area contributed by atoms with Crippen LogP contribution in [0.4, 0.5) is 13.2 Å². The lowest BCUT2D eigenvalue weighted by molar-refractivity contribution is -0.0494. The van der Waals surface area contributed by atoms with E-state index in [-0.39, 0.29) is 68.0 Å². The van der Waals surface area contributed by atoms with Gasteiger partial charge in [0.25, 0.3) is 0 Å². The number of sulfonamides is 1. The van der Waals surface area contributed by atoms with Crippen molar-refractivity contribution in [1.29, 1.82) is 0 Å². The molecule has 0 bridgehead atoms. The molecule has 0 unspecified atom stereocenters. The second kappa shape index (κ2) is 9.24. The lowest BCUT2D eigenvalue weighted by Crippen LogP contribution is -2.51. The van der Waals surface area contributed by atoms with Crippen molar-refractivity contribution in [3.05, 3.63) is 0 Å². The highest BCUT2D eigenvalue weighted by Gasteiger charge is 2.50. The van der Waals surface area contributed by atoms with E-state index in [9.17, 15) is 26.7 Å². The zero-order valence-electron chi connectivity index (χ0n) is 14.5. The summed E-state index contributed by atoms with van der Waals surface area (Å²) in [4.78, 5) is 4.44. The Morgan fingerprint density at radius 2 is 1.88 bits per heavy atom. The molecule has 154 valence electrons. The van der Waals surface area contributed by atoms with Gasteiger partial charge in [-0.1, -0.05) is 0 Å². The summed E-state index contributed by atoms with van der Waals surface area (Å²) in [6.07, 6.45) is 2.40. The topological polar surface area (TPSA) is 94.0 Å². The van der Waals surface area contributed by atoms with Crippen molar-refractivity contribution < 1.29 is 26.7 Å². The highest BCUT2D eigenvalue weighted by Crippen LogP contribution is 2.45. The Morgan fingerprint density at radius 1 is 1.31 bits per heavy atom. The smallest absolute Gasteiger partial charge is 0.396 e. The number of halogens is 4. The van der Waals surface area contributed by atoms with Gasteiger partial charge in [0, 0.05) is 31.1 Å². The Hall–Kier alpha value is -0.340. The molecule has 0 amide bonds. The SMILES string of the molecule is CCNC(=NCC1(CO)CC1)NC1CCN(S(=O)(=O)C(F)(F)F)CC1.I. The number of hydrogen-bond donors (Lipinski definition) is 3. The molecule has 1 aliphatic carbocycles. The van der Waals surface area contributed by atoms with E-state index in [2.05, 4.69) is 15.6 Å². The third kappa shape index (κ3) is 5.83. The van der Waals surface area contributed by atoms with Crippen LogP contribution in [0.5, 0.6) is 0 Å². The molecule has 1 aliphatic heterocycles. The van der Waals surface area contributed by atoms with Gasteiger partial charge in [-0.3, -0.25) is 4.99 Å². The summed E-state index contributed by atoms with van der Waals surface area (Å²) in [5.41, 5.74) is -5.39. The van der Waals surface area contributed by atoms with Crippen LogP contribution in [-0.4, -0.2) is 68.1 Å². The molecule has 1 heterocycles. The van der Waals surface area contributed by atoms with Crippen LogP contribution < -0.4 is 10.6 Å². The molecule has 0 spiro atoms. The Kier molecular flexibility index (Phi) is 8.42. The predicted molar refractivity (Wildman–Crippen MR) is 103 cm³/mol. The van der Waals surface area contributed by atoms with E-state index in [1.54, 1.807) is 0 Å². The summed E-state index contributed by atoms with van der Waals surface area (Å²) in [5.74, 6) is 0.541. The zero-order chi connectivity index (χ0) is 18.7. The Labute approximate surface area is 168 Å². The molecule has 0 radical (unpaired) electrons. The Morgan fingerprint density at radius 3 is 2.31 bits per heavy atom. The molecule has 26 heavy (non-hydrogen) atoms. The second-order valence-corrected chi connectivity index (χ2v) is 8.55. The summed E-state index contributed by atoms with van der Waals surface area (Å²) in [6, 6.07) is -0.151. The molecule has 2 aliphatic rings. The zero-order valence-corrected chi connectivity index (χ0v) is 17.7. The van der Waals surface area contributed by atoms with E-state index in [4.69, 9.17) is 0 Å². The maximum atomic E-state index is 12.6. The third-order valence-electron chi connectivity index (χ3n) is 4.64. The molecule has 1 saturated carbocycles. The average molecular weight is 514 g/mol. The number of alkyl halides is 3. The van der Waals surface area contributed by atoms with Gasteiger partial charge in [0.2, 0.25) is 0 Å². The Bertz CT molecular complexity index is 589. The molecular formula is C14H26F3IN4O3S. The summed E-state index contributed by atoms with van der Waals surface area (Å²) in [6.45, 7) is 2.73. The summed E-state index contributed by atoms with van der Waals surface area (Å²) in [5, 5.41) is 15.5. The van der Waals surface area contributed by atoms with Crippen molar-refractivity contribution in [2.75, 3.05) is 32.8 Å². The van der Waals surface area contributed by atoms with Crippen molar-refractivity contribution in [2.24, 2.45) is 10.4 Å². The minimum absolute atomic E-state index is 0. The number of hydrogen-bond acceptors (Lipinski definition) is 4. The fraction of sp³-hybridized carbons (Fsp3) is 0.929. The predicted octanol–water partition coefficient (Wildman–Crippen LogP) is 1.25. The van der Waals surface area contributed by atoms with Crippen molar-refractivity contribution in [2.45, 2.75) is 44.2 Å². The van der Waals surface area contributed by atoms with E-state index in [0.29, 0.717) is 23.4 Å². The van der Waals surface area contributed by atoms with Gasteiger partial charge in [-0.25, -0.2) is 8.42 Å². The minimum Gasteiger partial charge on any atom is -0.396 e. The fourth-order valence-electron chi connectivity index (χ4n) is 2.69. The van der Waals surface area contributed by atoms with Gasteiger partial charge in [-0.15, -0.1) is 24.0 Å². The number of guanidine groups is 1. The van der Waals surface area contributed by atoms with E-state index in [1.807, 2.05) is 6.92 Å². The molecule has 2 rings (SSSR count). The maximum Gasteiger partial charge on any atom is 0.511 e. The first-order valence-corrected chi connectivity index (χ1v) is 9.80. The van der Waals surface area contributed by atoms with Crippen LogP contribution in [0.1, 0.15) is 32.6 Å². The van der Waals surface area contributed by atoms with E-state index >= 15 is 0 Å². The van der Waals surface area contributed by atoms with E-state index in [0.717, 1.165) is 12.8 Å². The first-order valence-electron chi connectivity index (χ1n) is 8.36. The normalized spacial score (nSPS) is 21.8. The molecule has 7 nitrogen and oxygen atoms in total. The van der Waals surface area contributed by atoms with Crippen molar-refractivity contribution in [3.63, 3.8) is 0 Å². The summed E-state index contributed by atoms with van der Waals surface area (Å²) < 4.78 is 61.1. The molecule has 12 heteroatoms. The molecule has 0 aromatic carbocycles. The fourth-order valence-corrected chi connectivity index (χ4v) is 3.67. The number of nitrogens with one attached hydrogen (secondary N) is 2. The van der Waals surface area contributed by atoms with Crippen LogP contribution >= 0.6 is 24.0 Å². The standard InChI is InChI=1S/C14H25F3N4O3S.HI/c1-2-18-12(19-9-13(10-22)5-6-13)20-11-3-7-21(8-4-11)25(23,24)14(15,16)17;/h11,22H,2-10H2,1H3,(H2,18,19,20);1H. The summed E-state index contributed by atoms with van der Waals surface area (Å²) in [7, 11) is -5.25. The van der Waals surface area contributed by atoms with Crippen LogP contribution in [-0.2, 0) is 10.0 Å². The first kappa shape index (κ1) is 23.7. The van der Waals surface area contributed by atoms with Crippen LogP contribution in [0.25, 0.3) is 0 Å². The van der Waals surface area contributed by atoms with Crippen LogP contribution in [0.2, 0.25) is 0 Å². The number of aliphatic imine (C=N–C) groups is 1.